The maximum absolute atomic E-state index is 13.6. The number of carbonyl (C=O) groups excluding carboxylic acids is 2. The summed E-state index contributed by atoms with van der Waals surface area (Å²) in [7, 11) is 0. The molecule has 1 aromatic heterocycles. The Morgan fingerprint density at radius 2 is 1.25 bits per heavy atom. The molecule has 0 radical (unpaired) electrons. The molecule has 0 spiro atoms. The minimum Gasteiger partial charge on any atom is -0.457 e. The summed E-state index contributed by atoms with van der Waals surface area (Å²) in [6.07, 6.45) is -0.108. The zero-order chi connectivity index (χ0) is 36.9. The molecule has 0 aliphatic carbocycles. The molecule has 1 atom stereocenters. The number of hydrogen-bond acceptors (Lipinski definition) is 9. The van der Waals surface area contributed by atoms with Crippen LogP contribution in [0.3, 0.4) is 0 Å². The summed E-state index contributed by atoms with van der Waals surface area (Å²) in [5.41, 5.74) is 3.75. The highest BCUT2D eigenvalue weighted by atomic mass is 32.1. The number of esters is 2. The third-order valence-electron chi connectivity index (χ3n) is 8.53. The average Bonchev–Trinajstić information content (AvgIpc) is 3.69. The summed E-state index contributed by atoms with van der Waals surface area (Å²) in [6, 6.07) is 49.3. The highest BCUT2D eigenvalue weighted by molar-refractivity contribution is 7.14. The van der Waals surface area contributed by atoms with E-state index in [0.717, 1.165) is 27.8 Å². The van der Waals surface area contributed by atoms with E-state index >= 15 is 0 Å². The number of benzene rings is 5. The monoisotopic (exact) mass is 721 g/mol. The maximum atomic E-state index is 13.6. The first-order chi connectivity index (χ1) is 26.0. The van der Waals surface area contributed by atoms with Crippen molar-refractivity contribution < 1.29 is 23.9 Å². The van der Waals surface area contributed by atoms with Crippen LogP contribution >= 0.6 is 11.3 Å². The molecule has 1 heterocycles. The van der Waals surface area contributed by atoms with Gasteiger partial charge in [0, 0.05) is 5.38 Å². The van der Waals surface area contributed by atoms with Crippen molar-refractivity contribution in [2.45, 2.75) is 31.1 Å². The van der Waals surface area contributed by atoms with Gasteiger partial charge in [-0.05, 0) is 34.2 Å². The second kappa shape index (κ2) is 17.7. The largest absolute Gasteiger partial charge is 0.457 e. The molecule has 1 N–H and O–H groups in total. The maximum Gasteiger partial charge on any atom is 0.363 e. The quantitative estimate of drug-likeness (QED) is 0.0350. The lowest BCUT2D eigenvalue weighted by molar-refractivity contribution is -0.161. The molecule has 0 unspecified atom stereocenters. The highest BCUT2D eigenvalue weighted by Gasteiger charge is 2.37. The van der Waals surface area contributed by atoms with Crippen LogP contribution in [-0.4, -0.2) is 35.3 Å². The van der Waals surface area contributed by atoms with Crippen molar-refractivity contribution in [3.05, 3.63) is 203 Å². The summed E-state index contributed by atoms with van der Waals surface area (Å²) < 4.78 is 11.4. The molecule has 9 heteroatoms. The van der Waals surface area contributed by atoms with Crippen molar-refractivity contribution in [2.75, 3.05) is 11.9 Å². The predicted molar refractivity (Wildman–Crippen MR) is 209 cm³/mol. The third kappa shape index (κ3) is 8.60. The average molecular weight is 722 g/mol. The van der Waals surface area contributed by atoms with Crippen LogP contribution in [0.2, 0.25) is 0 Å². The number of thiazole rings is 1. The molecule has 0 saturated carbocycles. The van der Waals surface area contributed by atoms with E-state index in [-0.39, 0.29) is 24.4 Å². The van der Waals surface area contributed by atoms with Gasteiger partial charge in [0.2, 0.25) is 11.8 Å². The number of anilines is 1. The molecule has 8 nitrogen and oxygen atoms in total. The van der Waals surface area contributed by atoms with Crippen molar-refractivity contribution in [1.82, 2.24) is 4.98 Å². The highest BCUT2D eigenvalue weighted by Crippen LogP contribution is 2.40. The number of ether oxygens (including phenoxy) is 2. The molecule has 0 saturated heterocycles. The van der Waals surface area contributed by atoms with Gasteiger partial charge in [-0.15, -0.1) is 11.3 Å². The van der Waals surface area contributed by atoms with E-state index in [0.29, 0.717) is 5.13 Å². The minimum absolute atomic E-state index is 0.0543. The topological polar surface area (TPSA) is 99.1 Å². The van der Waals surface area contributed by atoms with Gasteiger partial charge in [0.1, 0.15) is 17.8 Å². The Morgan fingerprint density at radius 1 is 0.774 bits per heavy atom. The predicted octanol–water partition coefficient (Wildman–Crippen LogP) is 9.11. The van der Waals surface area contributed by atoms with Crippen LogP contribution in [-0.2, 0) is 29.4 Å². The standard InChI is InChI=1S/C44H39N3O5S/c1-3-30-50-42(49)39(47-52-38(4-2)41(48)51-40(32-20-10-5-11-21-32)33-22-12-6-13-23-33)37-31-53-43(45-37)46-44(34-24-14-7-15-25-34,35-26-16-8-17-27-35)36-28-18-9-19-29-36/h3,5-29,31,38,40H,1,4,30H2,2H3,(H,45,46)/t38-/m1/s1. The van der Waals surface area contributed by atoms with Crippen LogP contribution in [0.25, 0.3) is 0 Å². The molecule has 0 aliphatic rings. The molecule has 6 aromatic rings. The van der Waals surface area contributed by atoms with E-state index in [4.69, 9.17) is 19.3 Å². The van der Waals surface area contributed by atoms with Crippen LogP contribution in [0.4, 0.5) is 5.13 Å². The lowest BCUT2D eigenvalue weighted by atomic mass is 9.77. The first-order valence-corrected chi connectivity index (χ1v) is 18.1. The van der Waals surface area contributed by atoms with Gasteiger partial charge in [0.05, 0.1) is 0 Å². The third-order valence-corrected chi connectivity index (χ3v) is 9.29. The number of carbonyl (C=O) groups is 2. The van der Waals surface area contributed by atoms with Gasteiger partial charge < -0.3 is 19.6 Å². The van der Waals surface area contributed by atoms with Crippen LogP contribution in [0, 0.1) is 0 Å². The number of rotatable bonds is 16. The Morgan fingerprint density at radius 3 is 1.70 bits per heavy atom. The molecular weight excluding hydrogens is 683 g/mol. The Labute approximate surface area is 313 Å². The Kier molecular flexibility index (Phi) is 12.2. The number of nitrogens with one attached hydrogen (secondary N) is 1. The Balaban J connectivity index is 1.32. The molecule has 0 aliphatic heterocycles. The molecule has 53 heavy (non-hydrogen) atoms. The first kappa shape index (κ1) is 36.5. The summed E-state index contributed by atoms with van der Waals surface area (Å²) in [6.45, 7) is 5.37. The molecule has 6 rings (SSSR count). The van der Waals surface area contributed by atoms with E-state index in [1.807, 2.05) is 115 Å². The zero-order valence-electron chi connectivity index (χ0n) is 29.2. The smallest absolute Gasteiger partial charge is 0.363 e. The number of nitrogens with zero attached hydrogens (tertiary/aromatic N) is 2. The van der Waals surface area contributed by atoms with E-state index < -0.39 is 29.7 Å². The van der Waals surface area contributed by atoms with Crippen molar-refractivity contribution in [3.8, 4) is 0 Å². The van der Waals surface area contributed by atoms with Gasteiger partial charge in [-0.1, -0.05) is 176 Å². The van der Waals surface area contributed by atoms with Crippen LogP contribution < -0.4 is 5.32 Å². The Hall–Kier alpha value is -6.32. The van der Waals surface area contributed by atoms with Gasteiger partial charge >= 0.3 is 11.9 Å². The molecule has 0 amide bonds. The summed E-state index contributed by atoms with van der Waals surface area (Å²) in [5.74, 6) is -1.41. The first-order valence-electron chi connectivity index (χ1n) is 17.3. The zero-order valence-corrected chi connectivity index (χ0v) is 30.0. The second-order valence-corrected chi connectivity index (χ2v) is 12.8. The van der Waals surface area contributed by atoms with E-state index in [1.165, 1.54) is 17.4 Å². The SMILES string of the molecule is C=CCOC(=O)C(=NO[C@H](CC)C(=O)OC(c1ccccc1)c1ccccc1)c1csc(NC(c2ccccc2)(c2ccccc2)c2ccccc2)n1. The van der Waals surface area contributed by atoms with Gasteiger partial charge in [-0.25, -0.2) is 14.6 Å². The normalized spacial score (nSPS) is 12.1. The van der Waals surface area contributed by atoms with E-state index in [9.17, 15) is 9.59 Å². The molecule has 0 fully saturated rings. The number of oxime groups is 1. The lowest BCUT2D eigenvalue weighted by Gasteiger charge is -2.36. The summed E-state index contributed by atoms with van der Waals surface area (Å²) in [5, 5.41) is 10.1. The van der Waals surface area contributed by atoms with Crippen molar-refractivity contribution in [2.24, 2.45) is 5.16 Å². The minimum atomic E-state index is -1.12. The van der Waals surface area contributed by atoms with Crippen molar-refractivity contribution in [1.29, 1.82) is 0 Å². The fourth-order valence-electron chi connectivity index (χ4n) is 5.95. The lowest BCUT2D eigenvalue weighted by Crippen LogP contribution is -2.38. The van der Waals surface area contributed by atoms with Gasteiger partial charge in [0.15, 0.2) is 11.2 Å². The number of hydrogen-bond donors (Lipinski definition) is 1. The number of aromatic nitrogens is 1. The van der Waals surface area contributed by atoms with Gasteiger partial charge in [0.25, 0.3) is 0 Å². The molecule has 5 aromatic carbocycles. The van der Waals surface area contributed by atoms with Gasteiger partial charge in [-0.3, -0.25) is 0 Å². The Bertz CT molecular complexity index is 1970. The van der Waals surface area contributed by atoms with Gasteiger partial charge in [-0.2, -0.15) is 0 Å². The molecular formula is C44H39N3O5S. The van der Waals surface area contributed by atoms with Crippen LogP contribution in [0.15, 0.2) is 175 Å². The van der Waals surface area contributed by atoms with E-state index in [2.05, 4.69) is 53.4 Å². The molecule has 266 valence electrons. The molecule has 0 bridgehead atoms. The summed E-state index contributed by atoms with van der Waals surface area (Å²) >= 11 is 1.30. The fourth-order valence-corrected chi connectivity index (χ4v) is 6.70. The summed E-state index contributed by atoms with van der Waals surface area (Å²) in [4.78, 5) is 37.7. The fraction of sp³-hybridized carbons (Fsp3) is 0.136. The van der Waals surface area contributed by atoms with Crippen LogP contribution in [0.1, 0.15) is 53.0 Å². The van der Waals surface area contributed by atoms with Crippen molar-refractivity contribution >= 4 is 34.1 Å². The van der Waals surface area contributed by atoms with Crippen LogP contribution in [0.5, 0.6) is 0 Å². The van der Waals surface area contributed by atoms with Crippen molar-refractivity contribution in [3.63, 3.8) is 0 Å². The second-order valence-electron chi connectivity index (χ2n) is 12.0. The van der Waals surface area contributed by atoms with E-state index in [1.54, 1.807) is 12.3 Å².